The molecule has 0 bridgehead atoms. The second-order valence-corrected chi connectivity index (χ2v) is 15.4. The number of carbonyl (C=O) groups excluding carboxylic acids is 4. The third-order valence-corrected chi connectivity index (χ3v) is 13.6. The summed E-state index contributed by atoms with van der Waals surface area (Å²) in [6, 6.07) is 0. The van der Waals surface area contributed by atoms with Crippen LogP contribution in [0.3, 0.4) is 0 Å². The van der Waals surface area contributed by atoms with Crippen LogP contribution in [-0.4, -0.2) is 61.1 Å². The molecule has 8 heteroatoms. The summed E-state index contributed by atoms with van der Waals surface area (Å²) in [5.74, 6) is -1.73. The molecule has 1 N–H and O–H groups in total. The number of methoxy groups -OCH3 is 1. The monoisotopic (exact) mass is 600 g/mol. The van der Waals surface area contributed by atoms with Crippen molar-refractivity contribution in [2.24, 2.45) is 63.1 Å². The molecule has 2 spiro atoms. The van der Waals surface area contributed by atoms with Gasteiger partial charge in [0.25, 0.3) is 0 Å². The summed E-state index contributed by atoms with van der Waals surface area (Å²) in [6.07, 6.45) is 8.41. The summed E-state index contributed by atoms with van der Waals surface area (Å²) in [5, 5.41) is 9.92. The molecule has 5 aliphatic rings. The fourth-order valence-corrected chi connectivity index (χ4v) is 11.5. The molecule has 0 amide bonds. The molecule has 0 aliphatic heterocycles. The zero-order valence-corrected chi connectivity index (χ0v) is 27.3. The molecule has 0 aromatic heterocycles. The molecule has 240 valence electrons. The average Bonchev–Trinajstić information content (AvgIpc) is 3.55. The van der Waals surface area contributed by atoms with Crippen molar-refractivity contribution >= 4 is 23.5 Å². The Morgan fingerprint density at radius 2 is 1.77 bits per heavy atom. The molecule has 4 fully saturated rings. The van der Waals surface area contributed by atoms with Crippen molar-refractivity contribution in [1.29, 1.82) is 0 Å². The average molecular weight is 601 g/mol. The second-order valence-electron chi connectivity index (χ2n) is 15.4. The van der Waals surface area contributed by atoms with Crippen molar-refractivity contribution in [2.45, 2.75) is 99.2 Å². The number of carbonyl (C=O) groups is 4. The van der Waals surface area contributed by atoms with Crippen LogP contribution >= 0.6 is 0 Å². The molecule has 43 heavy (non-hydrogen) atoms. The van der Waals surface area contributed by atoms with Crippen molar-refractivity contribution < 1.29 is 38.5 Å². The van der Waals surface area contributed by atoms with Crippen LogP contribution in [0.2, 0.25) is 0 Å². The zero-order chi connectivity index (χ0) is 31.7. The van der Waals surface area contributed by atoms with Crippen LogP contribution in [0.1, 0.15) is 87.0 Å². The number of Topliss-reactive ketones (excluding diaryl/α,β-unsaturated/α-hetero) is 1. The van der Waals surface area contributed by atoms with E-state index >= 15 is 0 Å². The van der Waals surface area contributed by atoms with E-state index < -0.39 is 30.0 Å². The van der Waals surface area contributed by atoms with Crippen molar-refractivity contribution in [1.82, 2.24) is 0 Å². The lowest BCUT2D eigenvalue weighted by molar-refractivity contribution is -0.170. The fraction of sp³-hybridized carbons (Fsp3) is 0.829. The van der Waals surface area contributed by atoms with Gasteiger partial charge < -0.3 is 19.3 Å². The highest BCUT2D eigenvalue weighted by Gasteiger charge is 2.81. The Kier molecular flexibility index (Phi) is 8.33. The van der Waals surface area contributed by atoms with Gasteiger partial charge in [-0.15, -0.1) is 0 Å². The first-order valence-corrected chi connectivity index (χ1v) is 16.3. The van der Waals surface area contributed by atoms with Crippen molar-refractivity contribution in [3.63, 3.8) is 0 Å². The fourth-order valence-electron chi connectivity index (χ4n) is 11.5. The van der Waals surface area contributed by atoms with Gasteiger partial charge in [-0.2, -0.15) is 0 Å². The predicted molar refractivity (Wildman–Crippen MR) is 159 cm³/mol. The van der Waals surface area contributed by atoms with E-state index in [1.54, 1.807) is 6.92 Å². The molecule has 0 heterocycles. The quantitative estimate of drug-likeness (QED) is 0.350. The van der Waals surface area contributed by atoms with E-state index in [1.165, 1.54) is 21.0 Å². The molecule has 0 radical (unpaired) electrons. The number of allylic oxidation sites excluding steroid dienone is 2. The van der Waals surface area contributed by atoms with Gasteiger partial charge in [-0.3, -0.25) is 19.2 Å². The number of rotatable bonds is 10. The number of ether oxygens (including phenoxy) is 3. The Labute approximate surface area is 256 Å². The molecule has 5 aliphatic carbocycles. The van der Waals surface area contributed by atoms with Crippen LogP contribution in [-0.2, 0) is 33.4 Å². The Morgan fingerprint density at radius 3 is 2.37 bits per heavy atom. The SMILES string of the molecule is COCC(C(=O)C(OC(C)=O)C(C)C1C(OC(C)=O)CC2(C)C3CCC4C(C)C(=O)C=CC45CC35CCC12C)C(C)CO. The zero-order valence-electron chi connectivity index (χ0n) is 27.3. The van der Waals surface area contributed by atoms with Gasteiger partial charge in [0, 0.05) is 51.2 Å². The maximum absolute atomic E-state index is 14.1. The maximum Gasteiger partial charge on any atom is 0.303 e. The van der Waals surface area contributed by atoms with Crippen molar-refractivity contribution in [3.05, 3.63) is 12.2 Å². The molecular formula is C35H52O8. The molecular weight excluding hydrogens is 548 g/mol. The van der Waals surface area contributed by atoms with Crippen molar-refractivity contribution in [3.8, 4) is 0 Å². The van der Waals surface area contributed by atoms with Crippen molar-refractivity contribution in [2.75, 3.05) is 20.3 Å². The highest BCUT2D eigenvalue weighted by molar-refractivity contribution is 5.93. The van der Waals surface area contributed by atoms with E-state index in [2.05, 4.69) is 26.8 Å². The molecule has 13 atom stereocenters. The Bertz CT molecular complexity index is 1190. The maximum atomic E-state index is 14.1. The van der Waals surface area contributed by atoms with Gasteiger partial charge in [-0.1, -0.05) is 40.7 Å². The lowest BCUT2D eigenvalue weighted by Gasteiger charge is -2.61. The molecule has 13 unspecified atom stereocenters. The molecule has 5 rings (SSSR count). The normalized spacial score (nSPS) is 43.7. The van der Waals surface area contributed by atoms with Gasteiger partial charge in [0.1, 0.15) is 6.10 Å². The predicted octanol–water partition coefficient (Wildman–Crippen LogP) is 4.95. The minimum absolute atomic E-state index is 0.0495. The molecule has 8 nitrogen and oxygen atoms in total. The number of fused-ring (bicyclic) bond motifs is 2. The van der Waals surface area contributed by atoms with Gasteiger partial charge in [0.2, 0.25) is 0 Å². The molecule has 0 aromatic carbocycles. The number of hydrogen-bond donors (Lipinski definition) is 1. The van der Waals surface area contributed by atoms with E-state index in [0.717, 1.165) is 32.1 Å². The van der Waals surface area contributed by atoms with Crippen LogP contribution < -0.4 is 0 Å². The van der Waals surface area contributed by atoms with E-state index in [-0.39, 0.29) is 70.2 Å². The molecule has 0 saturated heterocycles. The van der Waals surface area contributed by atoms with Crippen LogP contribution in [0, 0.1) is 63.1 Å². The first-order chi connectivity index (χ1) is 20.1. The van der Waals surface area contributed by atoms with E-state index in [4.69, 9.17) is 14.2 Å². The summed E-state index contributed by atoms with van der Waals surface area (Å²) >= 11 is 0. The lowest BCUT2D eigenvalue weighted by Crippen LogP contribution is -2.56. The Hall–Kier alpha value is -2.06. The summed E-state index contributed by atoms with van der Waals surface area (Å²) in [6.45, 7) is 13.2. The topological polar surface area (TPSA) is 116 Å². The van der Waals surface area contributed by atoms with Gasteiger partial charge in [-0.05, 0) is 84.0 Å². The number of aliphatic hydroxyl groups excluding tert-OH is 1. The Morgan fingerprint density at radius 1 is 1.07 bits per heavy atom. The second kappa shape index (κ2) is 11.1. The third-order valence-electron chi connectivity index (χ3n) is 13.6. The number of aliphatic hydroxyl groups is 1. The summed E-state index contributed by atoms with van der Waals surface area (Å²) in [4.78, 5) is 51.7. The van der Waals surface area contributed by atoms with Crippen LogP contribution in [0.15, 0.2) is 12.2 Å². The summed E-state index contributed by atoms with van der Waals surface area (Å²) in [7, 11) is 1.52. The highest BCUT2D eigenvalue weighted by atomic mass is 16.6. The molecule has 4 saturated carbocycles. The largest absolute Gasteiger partial charge is 0.462 e. The number of hydrogen-bond acceptors (Lipinski definition) is 8. The smallest absolute Gasteiger partial charge is 0.303 e. The van der Waals surface area contributed by atoms with Gasteiger partial charge >= 0.3 is 11.9 Å². The first kappa shape index (κ1) is 32.3. The minimum atomic E-state index is -1.05. The molecule has 0 aromatic rings. The van der Waals surface area contributed by atoms with Crippen LogP contribution in [0.25, 0.3) is 0 Å². The number of ketones is 2. The lowest BCUT2D eigenvalue weighted by atomic mass is 9.43. The van der Waals surface area contributed by atoms with Gasteiger partial charge in [0.05, 0.1) is 6.61 Å². The Balaban J connectivity index is 1.54. The van der Waals surface area contributed by atoms with E-state index in [0.29, 0.717) is 18.3 Å². The first-order valence-electron chi connectivity index (χ1n) is 16.3. The van der Waals surface area contributed by atoms with E-state index in [9.17, 15) is 24.3 Å². The number of esters is 2. The van der Waals surface area contributed by atoms with Gasteiger partial charge in [0.15, 0.2) is 17.7 Å². The van der Waals surface area contributed by atoms with Crippen LogP contribution in [0.4, 0.5) is 0 Å². The van der Waals surface area contributed by atoms with Gasteiger partial charge in [-0.25, -0.2) is 0 Å². The standard InChI is InChI=1S/C35H52O8/c1-19(16-36)24(17-41-8)30(40)31(43-23(5)38)21(3)29-27(42-22(4)37)15-33(7)28-10-9-25-20(2)26(39)11-12-34(25)18-35(28,34)14-13-32(29,33)6/h11-12,19-21,24-25,27-29,31,36H,9-10,13-18H2,1-8H3. The summed E-state index contributed by atoms with van der Waals surface area (Å²) < 4.78 is 17.3. The highest BCUT2D eigenvalue weighted by Crippen LogP contribution is 2.87. The van der Waals surface area contributed by atoms with Crippen LogP contribution in [0.5, 0.6) is 0 Å². The summed E-state index contributed by atoms with van der Waals surface area (Å²) in [5.41, 5.74) is -0.250. The third kappa shape index (κ3) is 4.59. The van der Waals surface area contributed by atoms with E-state index in [1.807, 2.05) is 13.0 Å². The minimum Gasteiger partial charge on any atom is -0.462 e.